The van der Waals surface area contributed by atoms with Crippen molar-refractivity contribution in [3.05, 3.63) is 64.2 Å². The number of nitrogens with zero attached hydrogens (tertiary/aromatic N) is 2. The van der Waals surface area contributed by atoms with Crippen molar-refractivity contribution in [3.8, 4) is 11.3 Å². The molecule has 0 saturated heterocycles. The number of nitrogens with one attached hydrogen (secondary N) is 1. The first kappa shape index (κ1) is 17.0. The molecule has 124 valence electrons. The number of benzene rings is 2. The van der Waals surface area contributed by atoms with Crippen molar-refractivity contribution in [2.75, 3.05) is 0 Å². The van der Waals surface area contributed by atoms with Crippen LogP contribution in [0.1, 0.15) is 5.56 Å². The summed E-state index contributed by atoms with van der Waals surface area (Å²) in [7, 11) is -3.77. The molecule has 0 bridgehead atoms. The zero-order chi connectivity index (χ0) is 17.2. The third-order valence-electron chi connectivity index (χ3n) is 3.28. The lowest BCUT2D eigenvalue weighted by Gasteiger charge is -2.08. The van der Waals surface area contributed by atoms with E-state index >= 15 is 0 Å². The second kappa shape index (κ2) is 6.94. The highest BCUT2D eigenvalue weighted by molar-refractivity contribution is 7.89. The van der Waals surface area contributed by atoms with E-state index < -0.39 is 15.8 Å². The van der Waals surface area contributed by atoms with Crippen LogP contribution in [0.15, 0.2) is 52.7 Å². The molecule has 0 fully saturated rings. The van der Waals surface area contributed by atoms with Gasteiger partial charge >= 0.3 is 0 Å². The summed E-state index contributed by atoms with van der Waals surface area (Å²) in [5.41, 5.74) is 2.45. The molecule has 0 aliphatic rings. The Kier molecular flexibility index (Phi) is 4.91. The van der Waals surface area contributed by atoms with Gasteiger partial charge < -0.3 is 0 Å². The maximum Gasteiger partial charge on any atom is 0.240 e. The van der Waals surface area contributed by atoms with Crippen LogP contribution < -0.4 is 4.72 Å². The first-order chi connectivity index (χ1) is 11.5. The van der Waals surface area contributed by atoms with E-state index in [4.69, 9.17) is 11.6 Å². The zero-order valence-corrected chi connectivity index (χ0v) is 14.5. The number of sulfonamides is 1. The van der Waals surface area contributed by atoms with Crippen LogP contribution in [0.4, 0.5) is 4.39 Å². The molecule has 0 aliphatic heterocycles. The minimum Gasteiger partial charge on any atom is -0.207 e. The number of hydrogen-bond acceptors (Lipinski definition) is 5. The minimum absolute atomic E-state index is 0.0842. The lowest BCUT2D eigenvalue weighted by atomic mass is 10.1. The molecule has 0 spiro atoms. The van der Waals surface area contributed by atoms with Gasteiger partial charge in [0.1, 0.15) is 11.5 Å². The Balaban J connectivity index is 1.71. The predicted molar refractivity (Wildman–Crippen MR) is 90.8 cm³/mol. The summed E-state index contributed by atoms with van der Waals surface area (Å²) in [6.45, 7) is 0.104. The molecule has 1 aromatic heterocycles. The van der Waals surface area contributed by atoms with E-state index in [2.05, 4.69) is 14.3 Å². The first-order valence-corrected chi connectivity index (χ1v) is 9.46. The highest BCUT2D eigenvalue weighted by atomic mass is 35.5. The normalized spacial score (nSPS) is 11.6. The van der Waals surface area contributed by atoms with E-state index in [1.807, 2.05) is 17.5 Å². The molecule has 2 aromatic carbocycles. The highest BCUT2D eigenvalue weighted by Crippen LogP contribution is 2.20. The second-order valence-corrected chi connectivity index (χ2v) is 7.67. The van der Waals surface area contributed by atoms with Gasteiger partial charge in [0.15, 0.2) is 0 Å². The van der Waals surface area contributed by atoms with E-state index in [0.717, 1.165) is 29.0 Å². The van der Waals surface area contributed by atoms with Gasteiger partial charge in [-0.25, -0.2) is 17.5 Å². The number of rotatable bonds is 5. The summed E-state index contributed by atoms with van der Waals surface area (Å²) in [5.74, 6) is -0.664. The lowest BCUT2D eigenvalue weighted by molar-refractivity contribution is 0.580. The predicted octanol–water partition coefficient (Wildman–Crippen LogP) is 3.48. The standard InChI is InChI=1S/C15H11ClFN3O2S2/c16-13-7-12(5-6-14(13)17)24(21,22)18-8-10-1-3-11(4-2-10)15-9-23-20-19-15/h1-7,9,18H,8H2. The molecule has 24 heavy (non-hydrogen) atoms. The van der Waals surface area contributed by atoms with Crippen LogP contribution in [0, 0.1) is 5.82 Å². The quantitative estimate of drug-likeness (QED) is 0.732. The van der Waals surface area contributed by atoms with Crippen molar-refractivity contribution in [1.82, 2.24) is 14.3 Å². The molecule has 9 heteroatoms. The van der Waals surface area contributed by atoms with Crippen molar-refractivity contribution < 1.29 is 12.8 Å². The van der Waals surface area contributed by atoms with Gasteiger partial charge in [0.05, 0.1) is 9.92 Å². The summed E-state index contributed by atoms with van der Waals surface area (Å²) >= 11 is 6.89. The molecular weight excluding hydrogens is 373 g/mol. The molecular formula is C15H11ClFN3O2S2. The van der Waals surface area contributed by atoms with E-state index in [9.17, 15) is 12.8 Å². The Morgan fingerprint density at radius 3 is 2.54 bits per heavy atom. The van der Waals surface area contributed by atoms with Crippen molar-refractivity contribution >= 4 is 33.2 Å². The Morgan fingerprint density at radius 2 is 1.92 bits per heavy atom. The third-order valence-corrected chi connectivity index (χ3v) is 5.47. The van der Waals surface area contributed by atoms with Gasteiger partial charge in [0, 0.05) is 17.5 Å². The molecule has 3 aromatic rings. The molecule has 0 radical (unpaired) electrons. The van der Waals surface area contributed by atoms with Crippen LogP contribution in [-0.4, -0.2) is 18.0 Å². The SMILES string of the molecule is O=S(=O)(NCc1ccc(-c2csnn2)cc1)c1ccc(F)c(Cl)c1. The van der Waals surface area contributed by atoms with E-state index in [1.165, 1.54) is 17.6 Å². The molecule has 0 unspecified atom stereocenters. The van der Waals surface area contributed by atoms with Crippen LogP contribution in [0.25, 0.3) is 11.3 Å². The monoisotopic (exact) mass is 383 g/mol. The lowest BCUT2D eigenvalue weighted by Crippen LogP contribution is -2.23. The number of halogens is 2. The van der Waals surface area contributed by atoms with Gasteiger partial charge in [0.2, 0.25) is 10.0 Å². The van der Waals surface area contributed by atoms with Gasteiger partial charge in [-0.2, -0.15) is 0 Å². The van der Waals surface area contributed by atoms with Gasteiger partial charge in [-0.15, -0.1) is 5.10 Å². The van der Waals surface area contributed by atoms with Gasteiger partial charge in [-0.1, -0.05) is 40.4 Å². The molecule has 3 rings (SSSR count). The highest BCUT2D eigenvalue weighted by Gasteiger charge is 2.15. The average Bonchev–Trinajstić information content (AvgIpc) is 3.10. The van der Waals surface area contributed by atoms with Gasteiger partial charge in [-0.05, 0) is 35.3 Å². The Hall–Kier alpha value is -1.87. The van der Waals surface area contributed by atoms with Crippen LogP contribution in [-0.2, 0) is 16.6 Å². The minimum atomic E-state index is -3.77. The molecule has 5 nitrogen and oxygen atoms in total. The summed E-state index contributed by atoms with van der Waals surface area (Å²) in [6.07, 6.45) is 0. The third kappa shape index (κ3) is 3.78. The van der Waals surface area contributed by atoms with Crippen LogP contribution in [0.2, 0.25) is 5.02 Å². The fourth-order valence-corrected chi connectivity index (χ4v) is 3.74. The van der Waals surface area contributed by atoms with Crippen LogP contribution in [0.5, 0.6) is 0 Å². The van der Waals surface area contributed by atoms with E-state index in [1.54, 1.807) is 12.1 Å². The first-order valence-electron chi connectivity index (χ1n) is 6.77. The molecule has 0 aliphatic carbocycles. The number of aromatic nitrogens is 2. The summed E-state index contributed by atoms with van der Waals surface area (Å²) < 4.78 is 43.8. The largest absolute Gasteiger partial charge is 0.240 e. The van der Waals surface area contributed by atoms with Gasteiger partial charge in [0.25, 0.3) is 0 Å². The number of hydrogen-bond donors (Lipinski definition) is 1. The Labute approximate surface area is 147 Å². The average molecular weight is 384 g/mol. The van der Waals surface area contributed by atoms with Crippen LogP contribution >= 0.6 is 23.1 Å². The van der Waals surface area contributed by atoms with Gasteiger partial charge in [-0.3, -0.25) is 0 Å². The smallest absolute Gasteiger partial charge is 0.207 e. The Bertz CT molecular complexity index is 945. The fourth-order valence-electron chi connectivity index (χ4n) is 1.99. The van der Waals surface area contributed by atoms with Crippen molar-refractivity contribution in [1.29, 1.82) is 0 Å². The van der Waals surface area contributed by atoms with Crippen molar-refractivity contribution in [2.45, 2.75) is 11.4 Å². The fraction of sp³-hybridized carbons (Fsp3) is 0.0667. The molecule has 1 N–H and O–H groups in total. The van der Waals surface area contributed by atoms with E-state index in [0.29, 0.717) is 0 Å². The summed E-state index contributed by atoms with van der Waals surface area (Å²) in [5, 5.41) is 5.56. The molecule has 1 heterocycles. The van der Waals surface area contributed by atoms with E-state index in [-0.39, 0.29) is 16.5 Å². The maximum atomic E-state index is 13.1. The topological polar surface area (TPSA) is 72.0 Å². The zero-order valence-electron chi connectivity index (χ0n) is 12.1. The Morgan fingerprint density at radius 1 is 1.17 bits per heavy atom. The van der Waals surface area contributed by atoms with Crippen molar-refractivity contribution in [2.24, 2.45) is 0 Å². The molecule has 0 amide bonds. The summed E-state index contributed by atoms with van der Waals surface area (Å²) in [6, 6.07) is 10.6. The molecule has 0 atom stereocenters. The summed E-state index contributed by atoms with van der Waals surface area (Å²) in [4.78, 5) is -0.0842. The van der Waals surface area contributed by atoms with Crippen molar-refractivity contribution in [3.63, 3.8) is 0 Å². The van der Waals surface area contributed by atoms with Crippen LogP contribution in [0.3, 0.4) is 0 Å². The second-order valence-electron chi connectivity index (χ2n) is 4.89. The maximum absolute atomic E-state index is 13.1. The molecule has 0 saturated carbocycles.